The van der Waals surface area contributed by atoms with Crippen molar-refractivity contribution in [2.75, 3.05) is 26.3 Å². The molecule has 0 radical (unpaired) electrons. The van der Waals surface area contributed by atoms with Crippen molar-refractivity contribution < 1.29 is 15.0 Å². The number of aromatic nitrogens is 2. The molecule has 0 aliphatic rings. The van der Waals surface area contributed by atoms with Gasteiger partial charge in [-0.15, -0.1) is 0 Å². The number of nitrogens with zero attached hydrogens (tertiary/aromatic N) is 3. The van der Waals surface area contributed by atoms with E-state index in [0.717, 1.165) is 28.2 Å². The Morgan fingerprint density at radius 1 is 1.04 bits per heavy atom. The molecule has 0 unspecified atom stereocenters. The summed E-state index contributed by atoms with van der Waals surface area (Å²) in [7, 11) is 0. The first-order chi connectivity index (χ1) is 13.5. The summed E-state index contributed by atoms with van der Waals surface area (Å²) >= 11 is 0. The number of benzene rings is 1. The average molecular weight is 381 g/mol. The van der Waals surface area contributed by atoms with Crippen LogP contribution in [0.15, 0.2) is 36.5 Å². The number of aryl methyl sites for hydroxylation is 3. The maximum Gasteiger partial charge on any atom is 0.228 e. The molecule has 2 heterocycles. The van der Waals surface area contributed by atoms with Gasteiger partial charge in [0.25, 0.3) is 0 Å². The summed E-state index contributed by atoms with van der Waals surface area (Å²) in [6.07, 6.45) is 2.07. The van der Waals surface area contributed by atoms with Crippen LogP contribution in [0, 0.1) is 20.8 Å². The molecular formula is C22H27N3O3. The fraction of sp³-hybridized carbons (Fsp3) is 0.364. The van der Waals surface area contributed by atoms with Crippen molar-refractivity contribution in [1.82, 2.24) is 14.3 Å². The Morgan fingerprint density at radius 3 is 2.39 bits per heavy atom. The molecule has 3 rings (SSSR count). The normalized spacial score (nSPS) is 11.2. The molecule has 1 aromatic carbocycles. The van der Waals surface area contributed by atoms with Crippen LogP contribution in [0.2, 0.25) is 0 Å². The smallest absolute Gasteiger partial charge is 0.228 e. The number of carbonyl (C=O) groups is 1. The first kappa shape index (κ1) is 20.0. The highest BCUT2D eigenvalue weighted by atomic mass is 16.3. The third-order valence-electron chi connectivity index (χ3n) is 5.14. The number of hydrogen-bond acceptors (Lipinski definition) is 4. The third kappa shape index (κ3) is 3.93. The lowest BCUT2D eigenvalue weighted by molar-refractivity contribution is -0.131. The molecule has 2 N–H and O–H groups in total. The first-order valence-electron chi connectivity index (χ1n) is 9.50. The van der Waals surface area contributed by atoms with Gasteiger partial charge in [0.15, 0.2) is 0 Å². The highest BCUT2D eigenvalue weighted by molar-refractivity contribution is 5.82. The van der Waals surface area contributed by atoms with E-state index in [4.69, 9.17) is 4.98 Å². The van der Waals surface area contributed by atoms with Crippen molar-refractivity contribution in [3.63, 3.8) is 0 Å². The molecular weight excluding hydrogens is 354 g/mol. The Bertz CT molecular complexity index is 988. The van der Waals surface area contributed by atoms with E-state index in [2.05, 4.69) is 26.0 Å². The zero-order chi connectivity index (χ0) is 20.3. The van der Waals surface area contributed by atoms with Crippen molar-refractivity contribution >= 4 is 11.6 Å². The summed E-state index contributed by atoms with van der Waals surface area (Å²) in [5.41, 5.74) is 6.82. The Hall–Kier alpha value is -2.70. The second kappa shape index (κ2) is 8.54. The summed E-state index contributed by atoms with van der Waals surface area (Å²) in [5, 5.41) is 18.5. The summed E-state index contributed by atoms with van der Waals surface area (Å²) in [6.45, 7) is 6.27. The highest BCUT2D eigenvalue weighted by Gasteiger charge is 2.21. The van der Waals surface area contributed by atoms with E-state index in [1.54, 1.807) is 0 Å². The number of aliphatic hydroxyl groups is 2. The minimum atomic E-state index is -0.142. The molecule has 0 spiro atoms. The molecule has 148 valence electrons. The molecule has 0 atom stereocenters. The molecule has 0 aliphatic carbocycles. The largest absolute Gasteiger partial charge is 0.395 e. The second-order valence-electron chi connectivity index (χ2n) is 7.10. The topological polar surface area (TPSA) is 78.1 Å². The van der Waals surface area contributed by atoms with E-state index in [1.807, 2.05) is 35.7 Å². The number of rotatable bonds is 7. The minimum absolute atomic E-state index is 0.137. The summed E-state index contributed by atoms with van der Waals surface area (Å²) in [6, 6.07) is 10.1. The molecule has 6 nitrogen and oxygen atoms in total. The maximum absolute atomic E-state index is 12.9. The number of imidazole rings is 1. The van der Waals surface area contributed by atoms with Gasteiger partial charge >= 0.3 is 0 Å². The molecule has 2 aromatic heterocycles. The predicted octanol–water partition coefficient (Wildman–Crippen LogP) is 2.28. The second-order valence-corrected chi connectivity index (χ2v) is 7.10. The van der Waals surface area contributed by atoms with Crippen molar-refractivity contribution in [3.8, 4) is 11.3 Å². The van der Waals surface area contributed by atoms with Gasteiger partial charge in [0.2, 0.25) is 5.91 Å². The third-order valence-corrected chi connectivity index (χ3v) is 5.14. The van der Waals surface area contributed by atoms with E-state index in [0.29, 0.717) is 0 Å². The Balaban J connectivity index is 2.10. The van der Waals surface area contributed by atoms with Crippen molar-refractivity contribution in [2.45, 2.75) is 27.2 Å². The number of amides is 1. The van der Waals surface area contributed by atoms with Gasteiger partial charge in [-0.25, -0.2) is 4.98 Å². The van der Waals surface area contributed by atoms with Crippen LogP contribution < -0.4 is 0 Å². The van der Waals surface area contributed by atoms with E-state index in [9.17, 15) is 15.0 Å². The van der Waals surface area contributed by atoms with Gasteiger partial charge in [0.1, 0.15) is 5.65 Å². The Morgan fingerprint density at radius 2 is 1.75 bits per heavy atom. The maximum atomic E-state index is 12.9. The zero-order valence-corrected chi connectivity index (χ0v) is 16.6. The van der Waals surface area contributed by atoms with Crippen LogP contribution in [0.5, 0.6) is 0 Å². The van der Waals surface area contributed by atoms with Crippen LogP contribution in [0.25, 0.3) is 16.9 Å². The number of carbonyl (C=O) groups excluding carboxylic acids is 1. The predicted molar refractivity (Wildman–Crippen MR) is 109 cm³/mol. The van der Waals surface area contributed by atoms with Crippen LogP contribution >= 0.6 is 0 Å². The van der Waals surface area contributed by atoms with E-state index in [1.165, 1.54) is 16.0 Å². The number of pyridine rings is 1. The van der Waals surface area contributed by atoms with Gasteiger partial charge in [0, 0.05) is 24.8 Å². The van der Waals surface area contributed by atoms with Gasteiger partial charge in [-0.2, -0.15) is 0 Å². The lowest BCUT2D eigenvalue weighted by Crippen LogP contribution is -2.37. The molecule has 6 heteroatoms. The van der Waals surface area contributed by atoms with Crippen molar-refractivity contribution in [2.24, 2.45) is 0 Å². The van der Waals surface area contributed by atoms with Crippen molar-refractivity contribution in [3.05, 3.63) is 58.9 Å². The first-order valence-corrected chi connectivity index (χ1v) is 9.50. The molecule has 0 fully saturated rings. The van der Waals surface area contributed by atoms with E-state index in [-0.39, 0.29) is 38.6 Å². The molecule has 0 saturated heterocycles. The van der Waals surface area contributed by atoms with Gasteiger partial charge in [0.05, 0.1) is 31.0 Å². The molecule has 0 bridgehead atoms. The van der Waals surface area contributed by atoms with Crippen LogP contribution in [-0.2, 0) is 11.2 Å². The standard InChI is InChI=1S/C22H27N3O3/c1-15-6-7-18(13-17(15)3)21-19(14-20(28)24(9-11-26)10-12-27)25-8-4-5-16(2)22(25)23-21/h4-8,13,26-27H,9-12,14H2,1-3H3. The van der Waals surface area contributed by atoms with Gasteiger partial charge in [-0.05, 0) is 49.6 Å². The quantitative estimate of drug-likeness (QED) is 0.658. The van der Waals surface area contributed by atoms with Crippen LogP contribution in [0.3, 0.4) is 0 Å². The number of fused-ring (bicyclic) bond motifs is 1. The Kier molecular flexibility index (Phi) is 6.11. The zero-order valence-electron chi connectivity index (χ0n) is 16.6. The molecule has 1 amide bonds. The SMILES string of the molecule is Cc1ccc(-c2nc3c(C)cccn3c2CC(=O)N(CCO)CCO)cc1C. The fourth-order valence-corrected chi connectivity index (χ4v) is 3.40. The summed E-state index contributed by atoms with van der Waals surface area (Å²) in [4.78, 5) is 19.2. The van der Waals surface area contributed by atoms with Crippen LogP contribution in [0.4, 0.5) is 0 Å². The van der Waals surface area contributed by atoms with Crippen molar-refractivity contribution in [1.29, 1.82) is 0 Å². The monoisotopic (exact) mass is 381 g/mol. The lowest BCUT2D eigenvalue weighted by atomic mass is 10.0. The van der Waals surface area contributed by atoms with E-state index >= 15 is 0 Å². The summed E-state index contributed by atoms with van der Waals surface area (Å²) < 4.78 is 1.97. The van der Waals surface area contributed by atoms with Gasteiger partial charge in [-0.1, -0.05) is 18.2 Å². The molecule has 28 heavy (non-hydrogen) atoms. The van der Waals surface area contributed by atoms with Gasteiger partial charge in [-0.3, -0.25) is 4.79 Å². The minimum Gasteiger partial charge on any atom is -0.395 e. The highest BCUT2D eigenvalue weighted by Crippen LogP contribution is 2.28. The number of hydrogen-bond donors (Lipinski definition) is 2. The molecule has 3 aromatic rings. The van der Waals surface area contributed by atoms with E-state index < -0.39 is 0 Å². The van der Waals surface area contributed by atoms with Gasteiger partial charge < -0.3 is 19.5 Å². The van der Waals surface area contributed by atoms with Crippen LogP contribution in [0.1, 0.15) is 22.4 Å². The fourth-order valence-electron chi connectivity index (χ4n) is 3.40. The van der Waals surface area contributed by atoms with Crippen LogP contribution in [-0.4, -0.2) is 56.7 Å². The number of aliphatic hydroxyl groups excluding tert-OH is 2. The lowest BCUT2D eigenvalue weighted by Gasteiger charge is -2.21. The molecule has 0 saturated carbocycles. The molecule has 0 aliphatic heterocycles. The average Bonchev–Trinajstić information content (AvgIpc) is 3.04. The summed E-state index contributed by atoms with van der Waals surface area (Å²) in [5.74, 6) is -0.142. The Labute approximate surface area is 165 Å².